The summed E-state index contributed by atoms with van der Waals surface area (Å²) < 4.78 is 23.7. The Morgan fingerprint density at radius 1 is 1.23 bits per heavy atom. The average molecular weight is 371 g/mol. The summed E-state index contributed by atoms with van der Waals surface area (Å²) in [6, 6.07) is 4.65. The zero-order valence-corrected chi connectivity index (χ0v) is 13.8. The zero-order valence-electron chi connectivity index (χ0n) is 12.2. The smallest absolute Gasteiger partial charge is 0.310 e. The van der Waals surface area contributed by atoms with Crippen molar-refractivity contribution in [2.24, 2.45) is 11.8 Å². The fourth-order valence-corrected chi connectivity index (χ4v) is 3.01. The maximum Gasteiger partial charge on any atom is 0.310 e. The van der Waals surface area contributed by atoms with Crippen LogP contribution in [0.2, 0.25) is 0 Å². The van der Waals surface area contributed by atoms with Gasteiger partial charge in [-0.25, -0.2) is 4.39 Å². The normalized spacial score (nSPS) is 23.9. The second-order valence-electron chi connectivity index (χ2n) is 5.04. The minimum Gasteiger partial charge on any atom is -0.469 e. The van der Waals surface area contributed by atoms with E-state index in [0.29, 0.717) is 16.5 Å². The lowest BCUT2D eigenvalue weighted by molar-refractivity contribution is -0.158. The van der Waals surface area contributed by atoms with E-state index in [1.807, 2.05) is 12.2 Å². The first-order valence-corrected chi connectivity index (χ1v) is 7.56. The zero-order chi connectivity index (χ0) is 16.3. The molecule has 0 spiro atoms. The van der Waals surface area contributed by atoms with E-state index in [1.165, 1.54) is 20.3 Å². The van der Waals surface area contributed by atoms with Crippen molar-refractivity contribution in [3.05, 3.63) is 46.2 Å². The first-order valence-electron chi connectivity index (χ1n) is 6.76. The van der Waals surface area contributed by atoms with Crippen molar-refractivity contribution in [2.45, 2.75) is 12.3 Å². The number of halogens is 2. The number of esters is 2. The van der Waals surface area contributed by atoms with Crippen LogP contribution in [-0.2, 0) is 19.1 Å². The molecule has 0 N–H and O–H groups in total. The Kier molecular flexibility index (Phi) is 5.34. The minimum absolute atomic E-state index is 0.343. The van der Waals surface area contributed by atoms with Crippen LogP contribution >= 0.6 is 15.9 Å². The van der Waals surface area contributed by atoms with Gasteiger partial charge in [-0.2, -0.15) is 0 Å². The van der Waals surface area contributed by atoms with Crippen molar-refractivity contribution < 1.29 is 23.5 Å². The van der Waals surface area contributed by atoms with Crippen LogP contribution in [0.5, 0.6) is 0 Å². The van der Waals surface area contributed by atoms with Crippen LogP contribution in [0.15, 0.2) is 34.8 Å². The summed E-state index contributed by atoms with van der Waals surface area (Å²) in [7, 11) is 2.55. The number of benzene rings is 1. The number of methoxy groups -OCH3 is 2. The molecule has 4 nitrogen and oxygen atoms in total. The van der Waals surface area contributed by atoms with E-state index in [-0.39, 0.29) is 0 Å². The van der Waals surface area contributed by atoms with Crippen molar-refractivity contribution in [1.82, 2.24) is 0 Å². The Hall–Kier alpha value is -1.69. The van der Waals surface area contributed by atoms with Crippen LogP contribution in [0.3, 0.4) is 0 Å². The summed E-state index contributed by atoms with van der Waals surface area (Å²) in [4.78, 5) is 24.1. The van der Waals surface area contributed by atoms with Crippen LogP contribution in [0.25, 0.3) is 0 Å². The molecular weight excluding hydrogens is 355 g/mol. The highest BCUT2D eigenvalue weighted by atomic mass is 79.9. The molecule has 1 aliphatic rings. The summed E-state index contributed by atoms with van der Waals surface area (Å²) in [6.45, 7) is 0. The molecule has 0 saturated heterocycles. The number of hydrogen-bond acceptors (Lipinski definition) is 4. The van der Waals surface area contributed by atoms with Gasteiger partial charge in [0, 0.05) is 5.92 Å². The van der Waals surface area contributed by atoms with E-state index < -0.39 is 35.5 Å². The lowest BCUT2D eigenvalue weighted by Crippen LogP contribution is -2.37. The van der Waals surface area contributed by atoms with Crippen molar-refractivity contribution in [2.75, 3.05) is 14.2 Å². The van der Waals surface area contributed by atoms with Gasteiger partial charge in [0.1, 0.15) is 5.82 Å². The third-order valence-electron chi connectivity index (χ3n) is 3.86. The van der Waals surface area contributed by atoms with E-state index in [1.54, 1.807) is 12.1 Å². The molecule has 2 rings (SSSR count). The van der Waals surface area contributed by atoms with Crippen LogP contribution in [0.1, 0.15) is 17.9 Å². The van der Waals surface area contributed by atoms with Crippen LogP contribution in [-0.4, -0.2) is 26.2 Å². The molecule has 0 radical (unpaired) electrons. The molecule has 0 bridgehead atoms. The van der Waals surface area contributed by atoms with Crippen LogP contribution in [0.4, 0.5) is 4.39 Å². The molecule has 0 heterocycles. The molecule has 3 atom stereocenters. The first kappa shape index (κ1) is 16.7. The molecule has 1 aromatic carbocycles. The second kappa shape index (κ2) is 7.05. The second-order valence-corrected chi connectivity index (χ2v) is 5.90. The molecule has 0 unspecified atom stereocenters. The van der Waals surface area contributed by atoms with Crippen LogP contribution < -0.4 is 0 Å². The van der Waals surface area contributed by atoms with Crippen molar-refractivity contribution >= 4 is 27.9 Å². The number of carbonyl (C=O) groups excluding carboxylic acids is 2. The molecule has 118 valence electrons. The Bertz CT molecular complexity index is 614. The van der Waals surface area contributed by atoms with Gasteiger partial charge in [0.05, 0.1) is 30.5 Å². The van der Waals surface area contributed by atoms with Crippen molar-refractivity contribution in [1.29, 1.82) is 0 Å². The number of allylic oxidation sites excluding steroid dienone is 2. The van der Waals surface area contributed by atoms with Gasteiger partial charge in [-0.15, -0.1) is 0 Å². The minimum atomic E-state index is -0.733. The summed E-state index contributed by atoms with van der Waals surface area (Å²) in [5, 5.41) is 0. The third-order valence-corrected chi connectivity index (χ3v) is 4.50. The number of rotatable bonds is 3. The Morgan fingerprint density at radius 3 is 2.50 bits per heavy atom. The molecule has 22 heavy (non-hydrogen) atoms. The van der Waals surface area contributed by atoms with Crippen molar-refractivity contribution in [3.8, 4) is 0 Å². The molecule has 0 saturated carbocycles. The Labute approximate surface area is 136 Å². The molecular formula is C16H16BrFO4. The Morgan fingerprint density at radius 2 is 1.91 bits per heavy atom. The van der Waals surface area contributed by atoms with Gasteiger partial charge in [-0.3, -0.25) is 9.59 Å². The van der Waals surface area contributed by atoms with Gasteiger partial charge in [0.25, 0.3) is 0 Å². The number of carbonyl (C=O) groups is 2. The molecule has 0 fully saturated rings. The summed E-state index contributed by atoms with van der Waals surface area (Å²) in [5.74, 6) is -3.21. The van der Waals surface area contributed by atoms with Gasteiger partial charge < -0.3 is 9.47 Å². The van der Waals surface area contributed by atoms with Gasteiger partial charge >= 0.3 is 11.9 Å². The van der Waals surface area contributed by atoms with Crippen LogP contribution in [0, 0.1) is 17.7 Å². The van der Waals surface area contributed by atoms with Gasteiger partial charge in [-0.05, 0) is 40.0 Å². The van der Waals surface area contributed by atoms with Gasteiger partial charge in [0.15, 0.2) is 0 Å². The highest BCUT2D eigenvalue weighted by Crippen LogP contribution is 2.39. The lowest BCUT2D eigenvalue weighted by Gasteiger charge is -2.31. The number of hydrogen-bond donors (Lipinski definition) is 0. The quantitative estimate of drug-likeness (QED) is 0.605. The summed E-state index contributed by atoms with van der Waals surface area (Å²) >= 11 is 3.10. The van der Waals surface area contributed by atoms with E-state index in [4.69, 9.17) is 9.47 Å². The van der Waals surface area contributed by atoms with E-state index in [2.05, 4.69) is 15.9 Å². The highest BCUT2D eigenvalue weighted by molar-refractivity contribution is 9.10. The molecule has 1 aliphatic carbocycles. The maximum absolute atomic E-state index is 13.8. The first-order chi connectivity index (χ1) is 10.5. The lowest BCUT2D eigenvalue weighted by atomic mass is 9.73. The Balaban J connectivity index is 2.44. The van der Waals surface area contributed by atoms with E-state index in [9.17, 15) is 14.0 Å². The predicted octanol–water partition coefficient (Wildman–Crippen LogP) is 3.21. The highest BCUT2D eigenvalue weighted by Gasteiger charge is 2.42. The molecule has 6 heteroatoms. The monoisotopic (exact) mass is 370 g/mol. The molecule has 1 aromatic rings. The summed E-state index contributed by atoms with van der Waals surface area (Å²) in [5.41, 5.74) is 0.612. The van der Waals surface area contributed by atoms with Gasteiger partial charge in [0.2, 0.25) is 0 Å². The van der Waals surface area contributed by atoms with E-state index in [0.717, 1.165) is 0 Å². The van der Waals surface area contributed by atoms with Gasteiger partial charge in [-0.1, -0.05) is 18.2 Å². The fraction of sp³-hybridized carbons (Fsp3) is 0.375. The molecule has 0 amide bonds. The molecule has 0 aromatic heterocycles. The average Bonchev–Trinajstić information content (AvgIpc) is 2.55. The maximum atomic E-state index is 13.8. The van der Waals surface area contributed by atoms with Crippen molar-refractivity contribution in [3.63, 3.8) is 0 Å². The predicted molar refractivity (Wildman–Crippen MR) is 81.6 cm³/mol. The third kappa shape index (κ3) is 3.21. The molecule has 0 aliphatic heterocycles. The standard InChI is InChI=1S/C16H16BrFO4/c1-21-15(19)11-5-3-4-10(14(11)16(20)22-2)9-6-7-12(17)13(18)8-9/h3-4,6-8,10-11,14H,5H2,1-2H3/t10-,11-,14+/m0/s1. The topological polar surface area (TPSA) is 52.6 Å². The fourth-order valence-electron chi connectivity index (χ4n) is 2.77. The summed E-state index contributed by atoms with van der Waals surface area (Å²) in [6.07, 6.45) is 4.01. The number of ether oxygens (including phenoxy) is 2. The largest absolute Gasteiger partial charge is 0.469 e. The van der Waals surface area contributed by atoms with E-state index >= 15 is 0 Å². The SMILES string of the molecule is COC(=O)[C@H]1[C@@H](C(=O)OC)CC=C[C@H]1c1ccc(Br)c(F)c1.